The van der Waals surface area contributed by atoms with Gasteiger partial charge < -0.3 is 34.3 Å². The molecule has 2 rings (SSSR count). The summed E-state index contributed by atoms with van der Waals surface area (Å²) < 4.78 is 24.4. The maximum atomic E-state index is 14.1. The van der Waals surface area contributed by atoms with Gasteiger partial charge in [0.05, 0.1) is 12.5 Å². The highest BCUT2D eigenvalue weighted by Crippen LogP contribution is 2.38. The van der Waals surface area contributed by atoms with E-state index < -0.39 is 58.2 Å². The summed E-state index contributed by atoms with van der Waals surface area (Å²) in [5, 5.41) is 8.77. The zero-order chi connectivity index (χ0) is 44.2. The fourth-order valence-corrected chi connectivity index (χ4v) is 8.50. The standard InChI is InChI=1S/C43H72N4O9Si2/c1-28(2)37-30(4)21-22-34(49)44-24-18-19-29(3)25-32(56-58(14,15)43(8,9)10)26-31(48)27-35-47-36(40(53-35)57(11,12)13)38(50)46-33(39(51)54-37)20-16-17-23-45-41(52)55-42(5,6)7/h18-19,21-22,25,28,30,32-33,37H,16-17,20,23-24,26-27H2,1-15H3,(H,44,49)(H,45,52)(H,46,50)/b19-18?,22-21+,29-25?/t30-,32?,33-,37-/m1/s1. The first kappa shape index (κ1) is 50.3. The number of nitrogens with one attached hydrogen (secondary N) is 3. The normalized spacial score (nSPS) is 22.1. The minimum absolute atomic E-state index is 0.0439. The second-order valence-electron chi connectivity index (χ2n) is 19.2. The number of nitrogens with zero attached hydrogens (tertiary/aromatic N) is 1. The molecule has 3 amide bonds. The fourth-order valence-electron chi connectivity index (χ4n) is 5.94. The van der Waals surface area contributed by atoms with E-state index in [4.69, 9.17) is 18.3 Å². The van der Waals surface area contributed by atoms with Crippen LogP contribution < -0.4 is 21.3 Å². The van der Waals surface area contributed by atoms with Gasteiger partial charge in [-0.1, -0.05) is 91.1 Å². The van der Waals surface area contributed by atoms with Crippen molar-refractivity contribution in [3.63, 3.8) is 0 Å². The number of amides is 3. The van der Waals surface area contributed by atoms with E-state index in [1.54, 1.807) is 26.8 Å². The number of alkyl carbamates (subject to hydrolysis) is 1. The molecule has 0 fully saturated rings. The van der Waals surface area contributed by atoms with Crippen LogP contribution in [0.5, 0.6) is 0 Å². The van der Waals surface area contributed by atoms with Crippen molar-refractivity contribution in [2.45, 2.75) is 163 Å². The molecule has 2 heterocycles. The van der Waals surface area contributed by atoms with Crippen LogP contribution >= 0.6 is 0 Å². The average Bonchev–Trinajstić information content (AvgIpc) is 3.49. The van der Waals surface area contributed by atoms with Crippen LogP contribution in [0.1, 0.15) is 111 Å². The second kappa shape index (κ2) is 21.4. The van der Waals surface area contributed by atoms with E-state index in [1.807, 2.05) is 65.6 Å². The number of Topliss-reactive ketones (excluding diaryl/α,β-unsaturated/α-hetero) is 1. The van der Waals surface area contributed by atoms with E-state index in [9.17, 15) is 24.0 Å². The van der Waals surface area contributed by atoms with Gasteiger partial charge >= 0.3 is 12.1 Å². The fraction of sp³-hybridized carbons (Fsp3) is 0.674. The Morgan fingerprint density at radius 1 is 1.02 bits per heavy atom. The summed E-state index contributed by atoms with van der Waals surface area (Å²) in [7, 11) is -4.65. The topological polar surface area (TPSA) is 175 Å². The van der Waals surface area contributed by atoms with Crippen LogP contribution in [0.3, 0.4) is 0 Å². The lowest BCUT2D eigenvalue weighted by Crippen LogP contribution is -2.48. The number of aromatic nitrogens is 1. The van der Waals surface area contributed by atoms with Gasteiger partial charge in [0.25, 0.3) is 5.91 Å². The number of cyclic esters (lactones) is 1. The molecule has 0 saturated heterocycles. The number of hydrogen-bond donors (Lipinski definition) is 3. The molecule has 1 aliphatic rings. The predicted octanol–water partition coefficient (Wildman–Crippen LogP) is 7.30. The van der Waals surface area contributed by atoms with E-state index in [1.165, 1.54) is 6.08 Å². The highest BCUT2D eigenvalue weighted by molar-refractivity contribution is 6.88. The minimum Gasteiger partial charge on any atom is -0.460 e. The molecule has 1 aromatic rings. The van der Waals surface area contributed by atoms with Crippen molar-refractivity contribution in [1.82, 2.24) is 20.9 Å². The lowest BCUT2D eigenvalue weighted by atomic mass is 9.94. The predicted molar refractivity (Wildman–Crippen MR) is 233 cm³/mol. The third-order valence-electron chi connectivity index (χ3n) is 9.98. The number of oxazole rings is 1. The Morgan fingerprint density at radius 3 is 2.26 bits per heavy atom. The van der Waals surface area contributed by atoms with Crippen LogP contribution in [0, 0.1) is 11.8 Å². The zero-order valence-corrected chi connectivity index (χ0v) is 39.8. The Bertz CT molecular complexity index is 1680. The van der Waals surface area contributed by atoms with Crippen molar-refractivity contribution in [3.8, 4) is 0 Å². The highest BCUT2D eigenvalue weighted by atomic mass is 28.4. The van der Waals surface area contributed by atoms with Gasteiger partial charge in [-0.3, -0.25) is 14.4 Å². The van der Waals surface area contributed by atoms with Crippen molar-refractivity contribution in [3.05, 3.63) is 47.5 Å². The smallest absolute Gasteiger partial charge is 0.407 e. The molecule has 0 spiro atoms. The van der Waals surface area contributed by atoms with E-state index in [2.05, 4.69) is 54.8 Å². The Labute approximate surface area is 349 Å². The molecular weight excluding hydrogens is 773 g/mol. The summed E-state index contributed by atoms with van der Waals surface area (Å²) in [6, 6.07) is -1.07. The molecule has 4 atom stereocenters. The van der Waals surface area contributed by atoms with E-state index in [0.717, 1.165) is 5.57 Å². The SMILES string of the molecule is CC1=CC(O[Si](C)(C)C(C)(C)C)CC(=O)Cc2nc(c([Si](C)(C)C)o2)C(=O)N[C@H](CCCCNC(=O)OC(C)(C)C)C(=O)O[C@H](C(C)C)[C@H](C)/C=C/C(=O)NCC=C1. The highest BCUT2D eigenvalue weighted by Gasteiger charge is 2.40. The number of hydrogen-bond acceptors (Lipinski definition) is 10. The Morgan fingerprint density at radius 2 is 1.67 bits per heavy atom. The van der Waals surface area contributed by atoms with Crippen LogP contribution in [0.25, 0.3) is 0 Å². The van der Waals surface area contributed by atoms with Gasteiger partial charge in [0.15, 0.2) is 14.0 Å². The number of ether oxygens (including phenoxy) is 2. The molecule has 0 aromatic carbocycles. The van der Waals surface area contributed by atoms with Crippen molar-refractivity contribution >= 4 is 51.4 Å². The van der Waals surface area contributed by atoms with Crippen LogP contribution in [0.4, 0.5) is 4.79 Å². The van der Waals surface area contributed by atoms with Crippen LogP contribution in [-0.2, 0) is 34.7 Å². The number of unbranched alkanes of at least 4 members (excludes halogenated alkanes) is 1. The van der Waals surface area contributed by atoms with Gasteiger partial charge in [0.2, 0.25) is 11.8 Å². The molecule has 326 valence electrons. The second-order valence-corrected chi connectivity index (χ2v) is 29.0. The average molecular weight is 845 g/mol. The van der Waals surface area contributed by atoms with Crippen molar-refractivity contribution in [1.29, 1.82) is 0 Å². The maximum absolute atomic E-state index is 14.1. The largest absolute Gasteiger partial charge is 0.460 e. The lowest BCUT2D eigenvalue weighted by molar-refractivity contribution is -0.156. The molecule has 1 unspecified atom stereocenters. The number of allylic oxidation sites excluding steroid dienone is 2. The van der Waals surface area contributed by atoms with Gasteiger partial charge in [-0.05, 0) is 77.1 Å². The summed E-state index contributed by atoms with van der Waals surface area (Å²) in [5.74, 6) is -2.04. The quantitative estimate of drug-likeness (QED) is 0.130. The molecule has 58 heavy (non-hydrogen) atoms. The van der Waals surface area contributed by atoms with Gasteiger partial charge in [0, 0.05) is 25.4 Å². The summed E-state index contributed by atoms with van der Waals surface area (Å²) in [6.45, 7) is 30.3. The van der Waals surface area contributed by atoms with E-state index >= 15 is 0 Å². The molecule has 0 aliphatic carbocycles. The minimum atomic E-state index is -2.34. The lowest BCUT2D eigenvalue weighted by Gasteiger charge is -2.38. The number of carbonyl (C=O) groups excluding carboxylic acids is 5. The van der Waals surface area contributed by atoms with Gasteiger partial charge in [0.1, 0.15) is 37.0 Å². The first-order valence-electron chi connectivity index (χ1n) is 20.6. The molecule has 0 radical (unpaired) electrons. The third kappa shape index (κ3) is 17.2. The maximum Gasteiger partial charge on any atom is 0.407 e. The van der Waals surface area contributed by atoms with Gasteiger partial charge in [-0.25, -0.2) is 14.6 Å². The Balaban J connectivity index is 2.56. The molecule has 0 saturated carbocycles. The number of rotatable bonds is 9. The van der Waals surface area contributed by atoms with Crippen LogP contribution in [-0.4, -0.2) is 88.0 Å². The van der Waals surface area contributed by atoms with Crippen molar-refractivity contribution in [2.75, 3.05) is 13.1 Å². The van der Waals surface area contributed by atoms with Crippen LogP contribution in [0.2, 0.25) is 37.8 Å². The van der Waals surface area contributed by atoms with Crippen molar-refractivity contribution < 1.29 is 42.3 Å². The monoisotopic (exact) mass is 844 g/mol. The Hall–Kier alpha value is -3.83. The van der Waals surface area contributed by atoms with Crippen molar-refractivity contribution in [2.24, 2.45) is 11.8 Å². The molecule has 13 nitrogen and oxygen atoms in total. The summed E-state index contributed by atoms with van der Waals surface area (Å²) in [4.78, 5) is 71.4. The number of esters is 1. The zero-order valence-electron chi connectivity index (χ0n) is 37.8. The van der Waals surface area contributed by atoms with Gasteiger partial charge in [-0.2, -0.15) is 0 Å². The summed E-state index contributed by atoms with van der Waals surface area (Å²) in [5.41, 5.74) is 0.278. The van der Waals surface area contributed by atoms with Crippen LogP contribution in [0.15, 0.2) is 40.4 Å². The first-order valence-corrected chi connectivity index (χ1v) is 27.0. The number of fused-ring (bicyclic) bond motifs is 2. The Kier molecular flexibility index (Phi) is 18.6. The summed E-state index contributed by atoms with van der Waals surface area (Å²) in [6.07, 6.45) is 8.23. The molecule has 2 bridgehead atoms. The third-order valence-corrected chi connectivity index (χ3v) is 16.2. The first-order chi connectivity index (χ1) is 26.6. The molecule has 1 aliphatic heterocycles. The van der Waals surface area contributed by atoms with E-state index in [-0.39, 0.29) is 66.0 Å². The molecule has 1 aromatic heterocycles. The summed E-state index contributed by atoms with van der Waals surface area (Å²) >= 11 is 0. The van der Waals surface area contributed by atoms with Gasteiger partial charge in [-0.15, -0.1) is 0 Å². The number of ketones is 1. The number of carbonyl (C=O) groups is 5. The molecular formula is C43H72N4O9Si2. The molecule has 15 heteroatoms. The molecule has 3 N–H and O–H groups in total. The van der Waals surface area contributed by atoms with E-state index in [0.29, 0.717) is 24.8 Å².